The number of fused-ring (bicyclic) bond motifs is 2. The molecule has 1 aromatic rings. The Hall–Kier alpha value is -1.22. The minimum absolute atomic E-state index is 0.0862. The molecular weight excluding hydrogens is 260 g/mol. The Morgan fingerprint density at radius 3 is 2.84 bits per heavy atom. The summed E-state index contributed by atoms with van der Waals surface area (Å²) < 4.78 is 0. The average Bonchev–Trinajstić information content (AvgIpc) is 2.98. The molecule has 0 radical (unpaired) electrons. The van der Waals surface area contributed by atoms with Crippen LogP contribution in [0.3, 0.4) is 0 Å². The molecule has 2 saturated carbocycles. The van der Waals surface area contributed by atoms with E-state index in [0.717, 1.165) is 18.4 Å². The van der Waals surface area contributed by atoms with Gasteiger partial charge in [-0.1, -0.05) is 18.0 Å². The predicted molar refractivity (Wildman–Crippen MR) is 77.1 cm³/mol. The number of hydrogen-bond acceptors (Lipinski definition) is 2. The zero-order valence-corrected chi connectivity index (χ0v) is 11.6. The van der Waals surface area contributed by atoms with Gasteiger partial charge in [-0.3, -0.25) is 4.79 Å². The summed E-state index contributed by atoms with van der Waals surface area (Å²) in [6.07, 6.45) is 5.37. The number of carbonyl (C=O) groups excluding carboxylic acids is 1. The Kier molecular flexibility index (Phi) is 3.40. The SMILES string of the molecule is Nc1cc(Cl)ccc1C(=O)NCC1CC2CCC1C2. The zero-order chi connectivity index (χ0) is 13.4. The highest BCUT2D eigenvalue weighted by Gasteiger charge is 2.39. The second-order valence-electron chi connectivity index (χ2n) is 5.88. The van der Waals surface area contributed by atoms with Gasteiger partial charge in [-0.15, -0.1) is 0 Å². The Balaban J connectivity index is 1.59. The summed E-state index contributed by atoms with van der Waals surface area (Å²) in [5, 5.41) is 3.58. The number of carbonyl (C=O) groups is 1. The minimum atomic E-state index is -0.0862. The minimum Gasteiger partial charge on any atom is -0.398 e. The first kappa shape index (κ1) is 12.8. The Labute approximate surface area is 118 Å². The first-order valence-corrected chi connectivity index (χ1v) is 7.34. The number of halogens is 1. The lowest BCUT2D eigenvalue weighted by atomic mass is 9.89. The third kappa shape index (κ3) is 2.57. The lowest BCUT2D eigenvalue weighted by Crippen LogP contribution is -2.32. The molecule has 2 fully saturated rings. The van der Waals surface area contributed by atoms with E-state index in [1.807, 2.05) is 0 Å². The Bertz CT molecular complexity index is 503. The van der Waals surface area contributed by atoms with Crippen molar-refractivity contribution in [3.05, 3.63) is 28.8 Å². The first-order chi connectivity index (χ1) is 9.13. The largest absolute Gasteiger partial charge is 0.398 e. The number of benzene rings is 1. The van der Waals surface area contributed by atoms with Gasteiger partial charge in [0.15, 0.2) is 0 Å². The molecule has 3 N–H and O–H groups in total. The molecule has 3 rings (SSSR count). The summed E-state index contributed by atoms with van der Waals surface area (Å²) in [7, 11) is 0. The molecule has 1 amide bonds. The van der Waals surface area contributed by atoms with E-state index in [0.29, 0.717) is 22.2 Å². The quantitative estimate of drug-likeness (QED) is 0.835. The van der Waals surface area contributed by atoms with Crippen molar-refractivity contribution in [3.8, 4) is 0 Å². The lowest BCUT2D eigenvalue weighted by Gasteiger charge is -2.22. The van der Waals surface area contributed by atoms with Gasteiger partial charge >= 0.3 is 0 Å². The van der Waals surface area contributed by atoms with Gasteiger partial charge in [0.25, 0.3) is 5.91 Å². The molecule has 0 aliphatic heterocycles. The number of rotatable bonds is 3. The summed E-state index contributed by atoms with van der Waals surface area (Å²) >= 11 is 5.83. The average molecular weight is 279 g/mol. The van der Waals surface area contributed by atoms with E-state index in [1.54, 1.807) is 18.2 Å². The van der Waals surface area contributed by atoms with Gasteiger partial charge in [-0.05, 0) is 55.2 Å². The van der Waals surface area contributed by atoms with Crippen LogP contribution in [0, 0.1) is 17.8 Å². The van der Waals surface area contributed by atoms with Gasteiger partial charge in [0, 0.05) is 17.3 Å². The smallest absolute Gasteiger partial charge is 0.253 e. The van der Waals surface area contributed by atoms with Crippen LogP contribution in [0.5, 0.6) is 0 Å². The van der Waals surface area contributed by atoms with Crippen LogP contribution in [0.2, 0.25) is 5.02 Å². The fourth-order valence-corrected chi connectivity index (χ4v) is 3.87. The normalized spacial score (nSPS) is 28.6. The maximum absolute atomic E-state index is 12.1. The second-order valence-corrected chi connectivity index (χ2v) is 6.31. The molecule has 2 aliphatic rings. The van der Waals surface area contributed by atoms with Crippen LogP contribution in [0.4, 0.5) is 5.69 Å². The van der Waals surface area contributed by atoms with E-state index in [1.165, 1.54) is 25.7 Å². The molecular formula is C15H19ClN2O. The summed E-state index contributed by atoms with van der Waals surface area (Å²) in [5.74, 6) is 2.31. The van der Waals surface area contributed by atoms with E-state index >= 15 is 0 Å². The second kappa shape index (κ2) is 5.04. The Morgan fingerprint density at radius 2 is 2.21 bits per heavy atom. The molecule has 2 aliphatic carbocycles. The van der Waals surface area contributed by atoms with E-state index in [2.05, 4.69) is 5.32 Å². The van der Waals surface area contributed by atoms with Crippen molar-refractivity contribution in [2.75, 3.05) is 12.3 Å². The third-order valence-electron chi connectivity index (χ3n) is 4.67. The maximum atomic E-state index is 12.1. The molecule has 4 heteroatoms. The predicted octanol–water partition coefficient (Wildman–Crippen LogP) is 3.09. The standard InChI is InChI=1S/C15H19ClN2O/c16-12-3-4-13(14(17)7-12)15(19)18-8-11-6-9-1-2-10(11)5-9/h3-4,7,9-11H,1-2,5-6,8,17H2,(H,18,19). The zero-order valence-electron chi connectivity index (χ0n) is 10.9. The summed E-state index contributed by atoms with van der Waals surface area (Å²) in [6, 6.07) is 5.01. The van der Waals surface area contributed by atoms with Gasteiger partial charge in [-0.25, -0.2) is 0 Å². The molecule has 0 heterocycles. The summed E-state index contributed by atoms with van der Waals surface area (Å²) in [5.41, 5.74) is 6.78. The van der Waals surface area contributed by atoms with Gasteiger partial charge in [0.2, 0.25) is 0 Å². The highest BCUT2D eigenvalue weighted by atomic mass is 35.5. The van der Waals surface area contributed by atoms with Crippen molar-refractivity contribution in [3.63, 3.8) is 0 Å². The monoisotopic (exact) mass is 278 g/mol. The molecule has 19 heavy (non-hydrogen) atoms. The van der Waals surface area contributed by atoms with E-state index < -0.39 is 0 Å². The molecule has 0 spiro atoms. The number of anilines is 1. The summed E-state index contributed by atoms with van der Waals surface area (Å²) in [6.45, 7) is 0.780. The van der Waals surface area contributed by atoms with Gasteiger partial charge < -0.3 is 11.1 Å². The van der Waals surface area contributed by atoms with Crippen LogP contribution >= 0.6 is 11.6 Å². The van der Waals surface area contributed by atoms with Crippen LogP contribution in [-0.2, 0) is 0 Å². The highest BCUT2D eigenvalue weighted by molar-refractivity contribution is 6.31. The van der Waals surface area contributed by atoms with Gasteiger partial charge in [-0.2, -0.15) is 0 Å². The van der Waals surface area contributed by atoms with Crippen LogP contribution in [0.15, 0.2) is 18.2 Å². The van der Waals surface area contributed by atoms with E-state index in [9.17, 15) is 4.79 Å². The molecule has 102 valence electrons. The summed E-state index contributed by atoms with van der Waals surface area (Å²) in [4.78, 5) is 12.1. The number of amides is 1. The fourth-order valence-electron chi connectivity index (χ4n) is 3.69. The Morgan fingerprint density at radius 1 is 1.37 bits per heavy atom. The third-order valence-corrected chi connectivity index (χ3v) is 4.90. The number of nitrogens with two attached hydrogens (primary N) is 1. The van der Waals surface area contributed by atoms with Crippen molar-refractivity contribution in [2.24, 2.45) is 17.8 Å². The molecule has 3 unspecified atom stereocenters. The number of nitrogen functional groups attached to an aromatic ring is 1. The van der Waals surface area contributed by atoms with Crippen LogP contribution in [0.1, 0.15) is 36.0 Å². The first-order valence-electron chi connectivity index (χ1n) is 6.96. The molecule has 3 atom stereocenters. The molecule has 0 saturated heterocycles. The van der Waals surface area contributed by atoms with Crippen LogP contribution < -0.4 is 11.1 Å². The number of nitrogens with one attached hydrogen (secondary N) is 1. The molecule has 1 aromatic carbocycles. The lowest BCUT2D eigenvalue weighted by molar-refractivity contribution is 0.0942. The van der Waals surface area contributed by atoms with Crippen LogP contribution in [-0.4, -0.2) is 12.5 Å². The van der Waals surface area contributed by atoms with E-state index in [4.69, 9.17) is 17.3 Å². The maximum Gasteiger partial charge on any atom is 0.253 e. The van der Waals surface area contributed by atoms with Crippen molar-refractivity contribution >= 4 is 23.2 Å². The van der Waals surface area contributed by atoms with Crippen molar-refractivity contribution < 1.29 is 4.79 Å². The van der Waals surface area contributed by atoms with Crippen molar-refractivity contribution in [1.82, 2.24) is 5.32 Å². The highest BCUT2D eigenvalue weighted by Crippen LogP contribution is 2.47. The topological polar surface area (TPSA) is 55.1 Å². The molecule has 2 bridgehead atoms. The van der Waals surface area contributed by atoms with Gasteiger partial charge in [0.1, 0.15) is 0 Å². The van der Waals surface area contributed by atoms with E-state index in [-0.39, 0.29) is 5.91 Å². The number of hydrogen-bond donors (Lipinski definition) is 2. The van der Waals surface area contributed by atoms with Crippen molar-refractivity contribution in [2.45, 2.75) is 25.7 Å². The van der Waals surface area contributed by atoms with Crippen LogP contribution in [0.25, 0.3) is 0 Å². The van der Waals surface area contributed by atoms with Crippen molar-refractivity contribution in [1.29, 1.82) is 0 Å². The molecule has 3 nitrogen and oxygen atoms in total. The fraction of sp³-hybridized carbons (Fsp3) is 0.533. The molecule has 0 aromatic heterocycles. The van der Waals surface area contributed by atoms with Gasteiger partial charge in [0.05, 0.1) is 5.56 Å².